The Bertz CT molecular complexity index is 2360. The molecule has 18 nitrogen and oxygen atoms in total. The second-order valence-electron chi connectivity index (χ2n) is 16.6. The number of nitrogens with one attached hydrogen (secondary N) is 2. The number of likely N-dealkylation sites (N-methyl/N-ethyl adjacent to an activating group) is 2. The van der Waals surface area contributed by atoms with Crippen molar-refractivity contribution < 1.29 is 57.4 Å². The van der Waals surface area contributed by atoms with Gasteiger partial charge in [0.1, 0.15) is 25.5 Å². The zero-order valence-electron chi connectivity index (χ0n) is 35.9. The van der Waals surface area contributed by atoms with Crippen LogP contribution in [0.4, 0.5) is 11.4 Å². The Morgan fingerprint density at radius 2 is 0.875 bits per heavy atom. The molecule has 2 aromatic carbocycles. The molecule has 8 atom stereocenters. The average Bonchev–Trinajstić information content (AvgIpc) is 3.89. The molecule has 22 heteroatoms. The van der Waals surface area contributed by atoms with Gasteiger partial charge >= 0.3 is 11.9 Å². The fourth-order valence-electron chi connectivity index (χ4n) is 11.1. The normalized spacial score (nSPS) is 33.0. The van der Waals surface area contributed by atoms with Crippen LogP contribution in [0.3, 0.4) is 0 Å². The van der Waals surface area contributed by atoms with Crippen LogP contribution in [0.1, 0.15) is 65.5 Å². The largest absolute Gasteiger partial charge is 0.462 e. The summed E-state index contributed by atoms with van der Waals surface area (Å²) in [6.07, 6.45) is -3.21. The number of fused-ring (bicyclic) bond motifs is 11. The summed E-state index contributed by atoms with van der Waals surface area (Å²) in [6, 6.07) is 14.2. The molecule has 4 saturated heterocycles. The summed E-state index contributed by atoms with van der Waals surface area (Å²) in [4.78, 5) is 137. The minimum atomic E-state index is -2.15. The first-order valence-electron chi connectivity index (χ1n) is 20.0. The number of nitrogens with zero attached hydrogens (tertiary/aromatic N) is 4. The van der Waals surface area contributed by atoms with Crippen molar-refractivity contribution in [3.63, 3.8) is 0 Å². The number of benzene rings is 2. The number of thioether (sulfide) groups is 4. The Kier molecular flexibility index (Phi) is 10.9. The van der Waals surface area contributed by atoms with Crippen LogP contribution in [0.15, 0.2) is 48.5 Å². The maximum atomic E-state index is 15.9. The van der Waals surface area contributed by atoms with E-state index in [2.05, 4.69) is 10.6 Å². The molecule has 6 aliphatic rings. The minimum Gasteiger partial charge on any atom is -0.462 e. The van der Waals surface area contributed by atoms with Gasteiger partial charge in [-0.1, -0.05) is 36.4 Å². The van der Waals surface area contributed by atoms with Crippen molar-refractivity contribution in [2.45, 2.75) is 97.0 Å². The maximum absolute atomic E-state index is 15.9. The van der Waals surface area contributed by atoms with Gasteiger partial charge in [0.05, 0.1) is 10.8 Å². The summed E-state index contributed by atoms with van der Waals surface area (Å²) >= 11 is 2.22. The fraction of sp³-hybridized carbons (Fsp3) is 0.476. The number of hydrogen-bond acceptors (Lipinski definition) is 18. The lowest BCUT2D eigenvalue weighted by atomic mass is 9.54. The van der Waals surface area contributed by atoms with E-state index in [1.165, 1.54) is 51.6 Å². The third-order valence-electron chi connectivity index (χ3n) is 13.1. The third-order valence-corrected chi connectivity index (χ3v) is 17.8. The highest BCUT2D eigenvalue weighted by Gasteiger charge is 2.86. The van der Waals surface area contributed by atoms with Crippen molar-refractivity contribution in [2.75, 3.05) is 37.9 Å². The van der Waals surface area contributed by atoms with E-state index in [1.54, 1.807) is 36.4 Å². The molecule has 0 radical (unpaired) electrons. The van der Waals surface area contributed by atoms with Gasteiger partial charge in [-0.05, 0) is 70.3 Å². The maximum Gasteiger partial charge on any atom is 0.302 e. The van der Waals surface area contributed by atoms with Gasteiger partial charge in [-0.25, -0.2) is 0 Å². The molecule has 0 aromatic heterocycles. The molecule has 2 N–H and O–H groups in total. The number of esters is 2. The predicted molar refractivity (Wildman–Crippen MR) is 237 cm³/mol. The van der Waals surface area contributed by atoms with Crippen LogP contribution < -0.4 is 10.6 Å². The molecule has 6 aliphatic heterocycles. The molecule has 0 spiro atoms. The predicted octanol–water partition coefficient (Wildman–Crippen LogP) is 2.80. The number of amides is 4. The van der Waals surface area contributed by atoms with Crippen LogP contribution in [-0.2, 0) is 68.2 Å². The third kappa shape index (κ3) is 5.89. The van der Waals surface area contributed by atoms with Gasteiger partial charge in [-0.15, -0.1) is 0 Å². The summed E-state index contributed by atoms with van der Waals surface area (Å²) in [6.45, 7) is 5.72. The van der Waals surface area contributed by atoms with Gasteiger partial charge in [-0.3, -0.25) is 57.7 Å². The second kappa shape index (κ2) is 15.3. The quantitative estimate of drug-likeness (QED) is 0.345. The van der Waals surface area contributed by atoms with E-state index in [-0.39, 0.29) is 12.8 Å². The number of piperazine rings is 2. The number of anilines is 2. The van der Waals surface area contributed by atoms with Gasteiger partial charge in [0.25, 0.3) is 23.6 Å². The average molecular weight is 953 g/mol. The molecule has 8 rings (SSSR count). The standard InChI is InChI=1S/C42H44N6O12S4/c1-21(49)59-19-41(63-25(5)53)35(57)47-31-37(27-13-9-11-15-29(27)43-31,17-39(47,61-23(3)51)33(55)45(41)7)38-18-40(62-24(4)52)34(56)46(8)42(64-26(6)54,20-60-22(2)50)36(58)48(40)32(38)44-30-16-12-10-14-28(30)38/h9-16,31-32,43-44H,17-20H2,1-8H3/t31-,32-,37+,38+,39+,40+,41+,42+/m1/s1. The Hall–Kier alpha value is -5.06. The topological polar surface area (TPSA) is 226 Å². The highest BCUT2D eigenvalue weighted by Crippen LogP contribution is 2.75. The molecular weight excluding hydrogens is 909 g/mol. The molecule has 0 bridgehead atoms. The van der Waals surface area contributed by atoms with Gasteiger partial charge in [0.15, 0.2) is 30.2 Å². The van der Waals surface area contributed by atoms with Crippen molar-refractivity contribution in [1.29, 1.82) is 0 Å². The lowest BCUT2D eigenvalue weighted by Crippen LogP contribution is -2.75. The minimum absolute atomic E-state index is 0.317. The molecule has 2 aromatic rings. The Labute approximate surface area is 384 Å². The van der Waals surface area contributed by atoms with Crippen LogP contribution in [0.5, 0.6) is 0 Å². The Morgan fingerprint density at radius 1 is 0.547 bits per heavy atom. The highest BCUT2D eigenvalue weighted by molar-refractivity contribution is 8.16. The Balaban J connectivity index is 1.47. The number of ether oxygens (including phenoxy) is 2. The van der Waals surface area contributed by atoms with Gasteiger partial charge in [0.2, 0.25) is 9.74 Å². The number of rotatable bonds is 9. The zero-order chi connectivity index (χ0) is 46.7. The number of hydrogen-bond donors (Lipinski definition) is 2. The second-order valence-corrected chi connectivity index (χ2v) is 22.5. The summed E-state index contributed by atoms with van der Waals surface area (Å²) in [5, 5.41) is 4.80. The first-order valence-corrected chi connectivity index (χ1v) is 23.3. The molecule has 0 aliphatic carbocycles. The summed E-state index contributed by atoms with van der Waals surface area (Å²) in [5.41, 5.74) is -1.08. The van der Waals surface area contributed by atoms with Crippen molar-refractivity contribution in [2.24, 2.45) is 0 Å². The molecule has 64 heavy (non-hydrogen) atoms. The smallest absolute Gasteiger partial charge is 0.302 e. The molecule has 6 heterocycles. The fourth-order valence-corrected chi connectivity index (χ4v) is 15.6. The van der Waals surface area contributed by atoms with E-state index in [0.29, 0.717) is 69.5 Å². The molecule has 338 valence electrons. The van der Waals surface area contributed by atoms with Gasteiger partial charge < -0.3 is 29.9 Å². The van der Waals surface area contributed by atoms with E-state index in [4.69, 9.17) is 9.47 Å². The van der Waals surface area contributed by atoms with Crippen molar-refractivity contribution in [1.82, 2.24) is 19.6 Å². The van der Waals surface area contributed by atoms with Crippen molar-refractivity contribution in [3.05, 3.63) is 59.7 Å². The molecule has 0 unspecified atom stereocenters. The number of carbonyl (C=O) groups is 10. The van der Waals surface area contributed by atoms with Crippen LogP contribution in [0.25, 0.3) is 0 Å². The van der Waals surface area contributed by atoms with E-state index >= 15 is 19.2 Å². The molecular formula is C42H44N6O12S4. The molecule has 0 saturated carbocycles. The van der Waals surface area contributed by atoms with Gasteiger partial charge in [-0.2, -0.15) is 0 Å². The number of carbonyl (C=O) groups excluding carboxylic acids is 10. The van der Waals surface area contributed by atoms with Crippen LogP contribution in [-0.4, -0.2) is 135 Å². The zero-order valence-corrected chi connectivity index (χ0v) is 39.2. The van der Waals surface area contributed by atoms with E-state index in [1.807, 2.05) is 12.1 Å². The number of para-hydroxylation sites is 2. The van der Waals surface area contributed by atoms with Gasteiger partial charge in [0, 0.05) is 79.9 Å². The van der Waals surface area contributed by atoms with E-state index < -0.39 is 112 Å². The summed E-state index contributed by atoms with van der Waals surface area (Å²) < 4.78 is 10.9. The molecule has 4 amide bonds. The monoisotopic (exact) mass is 952 g/mol. The van der Waals surface area contributed by atoms with Crippen molar-refractivity contribution in [3.8, 4) is 0 Å². The Morgan fingerprint density at radius 3 is 1.19 bits per heavy atom. The summed E-state index contributed by atoms with van der Waals surface area (Å²) in [7, 11) is 2.62. The first-order chi connectivity index (χ1) is 30.0. The SMILES string of the molecule is CC(=O)OC[C@]1(SC(C)=O)C(=O)N2[C@H]3Nc4ccccc4[C@@]3([C@]34C[C@]5(SC(C)=O)C(=O)N(C)[C@@](COC(C)=O)(SC(C)=O)C(=O)N5[C@H]3Nc3ccccc34)C[C@]2(SC(C)=O)C(=O)N1C. The van der Waals surface area contributed by atoms with Crippen LogP contribution in [0.2, 0.25) is 0 Å². The lowest BCUT2D eigenvalue weighted by molar-refractivity contribution is -0.169. The van der Waals surface area contributed by atoms with E-state index in [9.17, 15) is 28.8 Å². The highest BCUT2D eigenvalue weighted by atomic mass is 32.2. The molecule has 4 fully saturated rings. The first kappa shape index (κ1) is 45.5. The van der Waals surface area contributed by atoms with E-state index in [0.717, 1.165) is 23.6 Å². The van der Waals surface area contributed by atoms with Crippen LogP contribution >= 0.6 is 47.0 Å². The summed E-state index contributed by atoms with van der Waals surface area (Å²) in [5.74, 6) is -4.76. The lowest BCUT2D eigenvalue weighted by Gasteiger charge is -2.53. The van der Waals surface area contributed by atoms with Crippen molar-refractivity contribution >= 4 is 114 Å². The van der Waals surface area contributed by atoms with Crippen LogP contribution in [0, 0.1) is 0 Å².